The Morgan fingerprint density at radius 1 is 0.526 bits per heavy atom. The molecule has 288 valence electrons. The highest BCUT2D eigenvalue weighted by Gasteiger charge is 2.34. The highest BCUT2D eigenvalue weighted by atomic mass is 32.2. The average Bonchev–Trinajstić information content (AvgIpc) is 3.23. The fourth-order valence-electron chi connectivity index (χ4n) is 8.61. The summed E-state index contributed by atoms with van der Waals surface area (Å²) in [5, 5.41) is 0. The zero-order valence-corrected chi connectivity index (χ0v) is 35.3. The van der Waals surface area contributed by atoms with E-state index in [2.05, 4.69) is 125 Å². The monoisotopic (exact) mass is 784 g/mol. The number of rotatable bonds is 11. The van der Waals surface area contributed by atoms with Gasteiger partial charge in [-0.25, -0.2) is 0 Å². The van der Waals surface area contributed by atoms with Gasteiger partial charge in [0.25, 0.3) is 0 Å². The molecule has 1 saturated carbocycles. The number of benzene rings is 6. The van der Waals surface area contributed by atoms with E-state index in [1.807, 2.05) is 24.3 Å². The van der Waals surface area contributed by atoms with Gasteiger partial charge in [-0.2, -0.15) is 0 Å². The van der Waals surface area contributed by atoms with Crippen LogP contribution in [-0.2, 0) is 5.41 Å². The molecule has 57 heavy (non-hydrogen) atoms. The quantitative estimate of drug-likeness (QED) is 0.122. The van der Waals surface area contributed by atoms with Gasteiger partial charge in [-0.3, -0.25) is 9.59 Å². The lowest BCUT2D eigenvalue weighted by molar-refractivity contribution is 0.0974. The number of carbonyl (C=O) groups is 2. The summed E-state index contributed by atoms with van der Waals surface area (Å²) in [5.41, 5.74) is 9.55. The molecule has 0 radical (unpaired) electrons. The number of carbonyl (C=O) groups excluding carboxylic acids is 2. The van der Waals surface area contributed by atoms with Crippen molar-refractivity contribution in [3.63, 3.8) is 0 Å². The van der Waals surface area contributed by atoms with Gasteiger partial charge in [0.15, 0.2) is 11.6 Å². The van der Waals surface area contributed by atoms with Gasteiger partial charge in [-0.1, -0.05) is 174 Å². The van der Waals surface area contributed by atoms with E-state index in [9.17, 15) is 9.59 Å². The molecule has 0 atom stereocenters. The van der Waals surface area contributed by atoms with Crippen molar-refractivity contribution in [3.8, 4) is 22.3 Å². The third-order valence-electron chi connectivity index (χ3n) is 12.0. The molecular weight excluding hydrogens is 733 g/mol. The molecule has 0 bridgehead atoms. The first kappa shape index (κ1) is 39.2. The highest BCUT2D eigenvalue weighted by molar-refractivity contribution is 7.99. The summed E-state index contributed by atoms with van der Waals surface area (Å²) in [6.45, 7) is 8.89. The minimum Gasteiger partial charge on any atom is -0.289 e. The van der Waals surface area contributed by atoms with Crippen LogP contribution in [0.3, 0.4) is 0 Å². The van der Waals surface area contributed by atoms with Gasteiger partial charge < -0.3 is 0 Å². The summed E-state index contributed by atoms with van der Waals surface area (Å²) in [6, 6.07) is 46.4. The van der Waals surface area contributed by atoms with Gasteiger partial charge in [0.1, 0.15) is 0 Å². The Morgan fingerprint density at radius 3 is 1.42 bits per heavy atom. The van der Waals surface area contributed by atoms with Crippen molar-refractivity contribution in [1.82, 2.24) is 0 Å². The van der Waals surface area contributed by atoms with Crippen LogP contribution < -0.4 is 0 Å². The van der Waals surface area contributed by atoms with Crippen LogP contribution in [0, 0.1) is 5.92 Å². The second-order valence-corrected chi connectivity index (χ2v) is 19.2. The van der Waals surface area contributed by atoms with E-state index in [4.69, 9.17) is 0 Å². The predicted molar refractivity (Wildman–Crippen MR) is 239 cm³/mol. The third-order valence-corrected chi connectivity index (χ3v) is 14.2. The number of fused-ring (bicyclic) bond motifs is 2. The van der Waals surface area contributed by atoms with Gasteiger partial charge in [-0.15, -0.1) is 0 Å². The van der Waals surface area contributed by atoms with Crippen LogP contribution in [0.2, 0.25) is 0 Å². The molecule has 2 aliphatic rings. The molecule has 0 aromatic heterocycles. The highest BCUT2D eigenvalue weighted by Crippen LogP contribution is 2.42. The van der Waals surface area contributed by atoms with Crippen molar-refractivity contribution in [2.75, 3.05) is 0 Å². The van der Waals surface area contributed by atoms with E-state index in [0.717, 1.165) is 36.6 Å². The van der Waals surface area contributed by atoms with Crippen molar-refractivity contribution in [3.05, 3.63) is 167 Å². The zero-order chi connectivity index (χ0) is 39.5. The van der Waals surface area contributed by atoms with Crippen LogP contribution in [0.5, 0.6) is 0 Å². The average molecular weight is 785 g/mol. The van der Waals surface area contributed by atoms with E-state index in [1.54, 1.807) is 12.1 Å². The maximum atomic E-state index is 14.2. The van der Waals surface area contributed by atoms with E-state index >= 15 is 0 Å². The number of hydrogen-bond acceptors (Lipinski definition) is 4. The Morgan fingerprint density at radius 2 is 0.965 bits per heavy atom. The van der Waals surface area contributed by atoms with Gasteiger partial charge in [0, 0.05) is 41.8 Å². The number of hydrogen-bond donors (Lipinski definition) is 0. The van der Waals surface area contributed by atoms with Crippen LogP contribution in [0.25, 0.3) is 22.3 Å². The van der Waals surface area contributed by atoms with Crippen molar-refractivity contribution < 1.29 is 9.59 Å². The maximum absolute atomic E-state index is 14.2. The summed E-state index contributed by atoms with van der Waals surface area (Å²) < 4.78 is 0. The molecule has 6 aromatic carbocycles. The fourth-order valence-corrected chi connectivity index (χ4v) is 10.6. The van der Waals surface area contributed by atoms with E-state index in [-0.39, 0.29) is 17.0 Å². The molecule has 8 rings (SSSR count). The Hall–Kier alpha value is -4.64. The SMILES string of the molecule is CCCCCC1CCC(c2ccc(-c3ccc(-c4ccc(Sc5cccc6c5C(=O)c5cccc(Sc7ccc(C(C)(C)C)cc7)c5C6=O)cc4)cc3)cc2)CC1. The Kier molecular flexibility index (Phi) is 11.7. The minimum absolute atomic E-state index is 0.0609. The van der Waals surface area contributed by atoms with Gasteiger partial charge >= 0.3 is 0 Å². The molecule has 0 saturated heterocycles. The minimum atomic E-state index is -0.0973. The van der Waals surface area contributed by atoms with Crippen LogP contribution in [-0.4, -0.2) is 11.6 Å². The molecule has 2 aliphatic carbocycles. The van der Waals surface area contributed by atoms with Gasteiger partial charge in [-0.05, 0) is 113 Å². The molecule has 2 nitrogen and oxygen atoms in total. The van der Waals surface area contributed by atoms with Crippen molar-refractivity contribution in [1.29, 1.82) is 0 Å². The van der Waals surface area contributed by atoms with Crippen molar-refractivity contribution in [2.24, 2.45) is 5.92 Å². The first-order valence-corrected chi connectivity index (χ1v) is 22.4. The molecule has 0 spiro atoms. The van der Waals surface area contributed by atoms with Gasteiger partial charge in [0.2, 0.25) is 0 Å². The molecule has 0 unspecified atom stereocenters. The fraction of sp³-hybridized carbons (Fsp3) is 0.283. The van der Waals surface area contributed by atoms with Crippen LogP contribution in [0.15, 0.2) is 153 Å². The molecule has 4 heteroatoms. The van der Waals surface area contributed by atoms with E-state index in [1.165, 1.54) is 97.1 Å². The van der Waals surface area contributed by atoms with E-state index in [0.29, 0.717) is 28.2 Å². The molecule has 0 heterocycles. The lowest BCUT2D eigenvalue weighted by Crippen LogP contribution is -2.22. The lowest BCUT2D eigenvalue weighted by atomic mass is 9.77. The molecule has 0 aliphatic heterocycles. The third kappa shape index (κ3) is 8.64. The standard InChI is InChI=1S/C53H52O2S2/c1-5-6-7-10-35-15-17-36(18-16-35)37-19-21-38(22-20-37)39-23-25-40(26-24-39)41-27-31-43(32-28-41)56-47-13-8-11-45-49(47)51(54)46-12-9-14-48(50(46)52(45)55)57-44-33-29-42(30-34-44)53(2,3)4/h8-9,11-14,19-36H,5-7,10,15-18H2,1-4H3. The van der Waals surface area contributed by atoms with Crippen molar-refractivity contribution in [2.45, 2.75) is 110 Å². The zero-order valence-electron chi connectivity index (χ0n) is 33.6. The normalized spacial score (nSPS) is 16.6. The maximum Gasteiger partial charge on any atom is 0.195 e. The van der Waals surface area contributed by atoms with Crippen LogP contribution in [0.4, 0.5) is 0 Å². The number of ketones is 2. The second kappa shape index (κ2) is 17.1. The molecule has 1 fully saturated rings. The molecule has 6 aromatic rings. The predicted octanol–water partition coefficient (Wildman–Crippen LogP) is 15.2. The molecule has 0 amide bonds. The number of unbranched alkanes of at least 4 members (excludes halogenated alkanes) is 2. The Bertz CT molecular complexity index is 2360. The largest absolute Gasteiger partial charge is 0.289 e. The van der Waals surface area contributed by atoms with Gasteiger partial charge in [0.05, 0.1) is 0 Å². The molecular formula is C53H52O2S2. The topological polar surface area (TPSA) is 34.1 Å². The first-order chi connectivity index (χ1) is 27.7. The van der Waals surface area contributed by atoms with Crippen LogP contribution >= 0.6 is 23.5 Å². The summed E-state index contributed by atoms with van der Waals surface area (Å²) in [7, 11) is 0. The first-order valence-electron chi connectivity index (χ1n) is 20.8. The Balaban J connectivity index is 0.928. The second-order valence-electron chi connectivity index (χ2n) is 16.9. The summed E-state index contributed by atoms with van der Waals surface area (Å²) in [5.74, 6) is 1.45. The summed E-state index contributed by atoms with van der Waals surface area (Å²) in [6.07, 6.45) is 10.9. The molecule has 0 N–H and O–H groups in total. The summed E-state index contributed by atoms with van der Waals surface area (Å²) in [4.78, 5) is 31.9. The van der Waals surface area contributed by atoms with Crippen molar-refractivity contribution >= 4 is 35.1 Å². The lowest BCUT2D eigenvalue weighted by Gasteiger charge is -2.29. The van der Waals surface area contributed by atoms with E-state index < -0.39 is 0 Å². The summed E-state index contributed by atoms with van der Waals surface area (Å²) >= 11 is 3.07. The smallest absolute Gasteiger partial charge is 0.195 e. The Labute approximate surface area is 347 Å². The van der Waals surface area contributed by atoms with Crippen LogP contribution in [0.1, 0.15) is 128 Å².